The van der Waals surface area contributed by atoms with E-state index in [0.717, 1.165) is 0 Å². The van der Waals surface area contributed by atoms with Crippen LogP contribution in [0.25, 0.3) is 0 Å². The minimum Gasteiger partial charge on any atom is -0.493 e. The second-order valence-corrected chi connectivity index (χ2v) is 7.63. The summed E-state index contributed by atoms with van der Waals surface area (Å²) in [4.78, 5) is 22.0. The third-order valence-corrected chi connectivity index (χ3v) is 6.16. The van der Waals surface area contributed by atoms with Gasteiger partial charge >= 0.3 is 0 Å². The van der Waals surface area contributed by atoms with Gasteiger partial charge in [-0.05, 0) is 38.6 Å². The molecular formula is C21H25N5O3S. The van der Waals surface area contributed by atoms with Crippen LogP contribution in [0.1, 0.15) is 32.4 Å². The van der Waals surface area contributed by atoms with Crippen LogP contribution < -0.4 is 15.2 Å². The Morgan fingerprint density at radius 3 is 2.60 bits per heavy atom. The number of amides is 1. The van der Waals surface area contributed by atoms with E-state index in [0.29, 0.717) is 51.5 Å². The Hall–Kier alpha value is -3.12. The third-order valence-electron chi connectivity index (χ3n) is 5.19. The van der Waals surface area contributed by atoms with Crippen molar-refractivity contribution in [3.8, 4) is 17.6 Å². The van der Waals surface area contributed by atoms with Crippen LogP contribution in [-0.4, -0.2) is 48.2 Å². The second-order valence-electron chi connectivity index (χ2n) is 6.65. The number of hydrogen-bond donors (Lipinski definition) is 1. The average Bonchev–Trinajstić information content (AvgIpc) is 3.07. The van der Waals surface area contributed by atoms with Gasteiger partial charge in [-0.1, -0.05) is 12.1 Å². The van der Waals surface area contributed by atoms with E-state index in [1.807, 2.05) is 32.9 Å². The van der Waals surface area contributed by atoms with Crippen molar-refractivity contribution < 1.29 is 14.3 Å². The highest BCUT2D eigenvalue weighted by Gasteiger charge is 2.44. The van der Waals surface area contributed by atoms with Gasteiger partial charge in [-0.15, -0.1) is 0 Å². The van der Waals surface area contributed by atoms with Crippen LogP contribution in [-0.2, 0) is 4.79 Å². The van der Waals surface area contributed by atoms with Crippen molar-refractivity contribution in [3.63, 3.8) is 0 Å². The minimum atomic E-state index is -0.603. The number of likely N-dealkylation sites (N-methyl/N-ethyl adjacent to an activating group) is 1. The lowest BCUT2D eigenvalue weighted by Crippen LogP contribution is -2.42. The lowest BCUT2D eigenvalue weighted by molar-refractivity contribution is -0.127. The van der Waals surface area contributed by atoms with E-state index in [1.165, 1.54) is 11.8 Å². The fourth-order valence-corrected chi connectivity index (χ4v) is 4.63. The van der Waals surface area contributed by atoms with Gasteiger partial charge in [0.15, 0.2) is 16.7 Å². The molecule has 3 rings (SSSR count). The van der Waals surface area contributed by atoms with Crippen molar-refractivity contribution >= 4 is 22.8 Å². The molecule has 8 nitrogen and oxygen atoms in total. The lowest BCUT2D eigenvalue weighted by atomic mass is 9.92. The number of amidine groups is 1. The van der Waals surface area contributed by atoms with Crippen molar-refractivity contribution in [2.75, 3.05) is 27.3 Å². The molecule has 158 valence electrons. The number of carbonyl (C=O) groups excluding carboxylic acids is 1. The number of carbonyl (C=O) groups is 1. The summed E-state index contributed by atoms with van der Waals surface area (Å²) in [5, 5.41) is 10.1. The molecule has 0 saturated heterocycles. The molecule has 30 heavy (non-hydrogen) atoms. The molecule has 2 aliphatic rings. The van der Waals surface area contributed by atoms with E-state index >= 15 is 0 Å². The number of nitrogens with zero attached hydrogens (tertiary/aromatic N) is 4. The fraction of sp³-hybridized carbons (Fsp3) is 0.381. The number of nitrogens with two attached hydrogens (primary N) is 1. The molecule has 1 aromatic carbocycles. The van der Waals surface area contributed by atoms with Crippen LogP contribution in [0, 0.1) is 11.3 Å². The van der Waals surface area contributed by atoms with E-state index in [-0.39, 0.29) is 11.7 Å². The summed E-state index contributed by atoms with van der Waals surface area (Å²) in [6.45, 7) is 6.80. The topological polar surface area (TPSA) is 104 Å². The first-order chi connectivity index (χ1) is 14.4. The quantitative estimate of drug-likeness (QED) is 0.744. The molecule has 0 bridgehead atoms. The zero-order valence-corrected chi connectivity index (χ0v) is 18.5. The van der Waals surface area contributed by atoms with Gasteiger partial charge < -0.3 is 20.1 Å². The van der Waals surface area contributed by atoms with Crippen molar-refractivity contribution in [2.24, 2.45) is 10.7 Å². The Kier molecular flexibility index (Phi) is 6.27. The maximum absolute atomic E-state index is 13.5. The Morgan fingerprint density at radius 1 is 1.33 bits per heavy atom. The van der Waals surface area contributed by atoms with E-state index in [1.54, 1.807) is 30.1 Å². The molecule has 0 unspecified atom stereocenters. The number of ether oxygens (including phenoxy) is 2. The minimum absolute atomic E-state index is 0.126. The first-order valence-corrected chi connectivity index (χ1v) is 10.4. The van der Waals surface area contributed by atoms with Gasteiger partial charge in [-0.25, -0.2) is 4.99 Å². The van der Waals surface area contributed by atoms with Crippen LogP contribution in [0.3, 0.4) is 0 Å². The first-order valence-electron chi connectivity index (χ1n) is 9.59. The maximum atomic E-state index is 13.5. The number of methoxy groups -OCH3 is 2. The molecule has 0 radical (unpaired) electrons. The van der Waals surface area contributed by atoms with Crippen LogP contribution >= 0.6 is 11.8 Å². The predicted molar refractivity (Wildman–Crippen MR) is 117 cm³/mol. The molecule has 2 heterocycles. The summed E-state index contributed by atoms with van der Waals surface area (Å²) >= 11 is 1.20. The molecule has 0 saturated carbocycles. The predicted octanol–water partition coefficient (Wildman–Crippen LogP) is 2.96. The summed E-state index contributed by atoms with van der Waals surface area (Å²) in [6, 6.07) is 7.03. The zero-order valence-electron chi connectivity index (χ0n) is 17.7. The number of aliphatic imine (C=N–C) groups is 1. The van der Waals surface area contributed by atoms with Crippen molar-refractivity contribution in [3.05, 3.63) is 45.8 Å². The highest BCUT2D eigenvalue weighted by molar-refractivity contribution is 8.17. The molecule has 9 heteroatoms. The monoisotopic (exact) mass is 427 g/mol. The number of benzene rings is 1. The number of allylic oxidation sites excluding steroid dienone is 2. The largest absolute Gasteiger partial charge is 0.493 e. The van der Waals surface area contributed by atoms with Gasteiger partial charge in [0.2, 0.25) is 0 Å². The number of para-hydroxylation sites is 1. The van der Waals surface area contributed by atoms with Gasteiger partial charge in [0, 0.05) is 18.7 Å². The first kappa shape index (κ1) is 21.6. The molecule has 1 aromatic rings. The van der Waals surface area contributed by atoms with Crippen molar-refractivity contribution in [2.45, 2.75) is 26.8 Å². The molecule has 0 spiro atoms. The average molecular weight is 428 g/mol. The summed E-state index contributed by atoms with van der Waals surface area (Å²) in [7, 11) is 3.12. The van der Waals surface area contributed by atoms with Crippen LogP contribution in [0.4, 0.5) is 0 Å². The van der Waals surface area contributed by atoms with Crippen molar-refractivity contribution in [1.82, 2.24) is 9.80 Å². The lowest BCUT2D eigenvalue weighted by Gasteiger charge is -2.37. The summed E-state index contributed by atoms with van der Waals surface area (Å²) in [5.41, 5.74) is 8.14. The Bertz CT molecular complexity index is 1000. The highest BCUT2D eigenvalue weighted by Crippen LogP contribution is 2.49. The SMILES string of the molecule is CCN(CC)C(=O)C1=C(C)N=C2SC(C#N)=C(N)N2[C@@H]1c1cccc(OC)c1OC. The molecule has 1 amide bonds. The van der Waals surface area contributed by atoms with Crippen LogP contribution in [0.5, 0.6) is 11.5 Å². The molecular weight excluding hydrogens is 402 g/mol. The Balaban J connectivity index is 2.29. The number of hydrogen-bond acceptors (Lipinski definition) is 8. The molecule has 0 aliphatic carbocycles. The van der Waals surface area contributed by atoms with E-state index in [9.17, 15) is 10.1 Å². The van der Waals surface area contributed by atoms with Crippen LogP contribution in [0.2, 0.25) is 0 Å². The smallest absolute Gasteiger partial charge is 0.254 e. The van der Waals surface area contributed by atoms with Gasteiger partial charge in [0.05, 0.1) is 31.5 Å². The Labute approximate surface area is 180 Å². The fourth-order valence-electron chi connectivity index (χ4n) is 3.72. The summed E-state index contributed by atoms with van der Waals surface area (Å²) in [5.74, 6) is 1.19. The number of thioether (sulfide) groups is 1. The Morgan fingerprint density at radius 2 is 2.03 bits per heavy atom. The normalized spacial score (nSPS) is 18.1. The number of nitriles is 1. The van der Waals surface area contributed by atoms with E-state index < -0.39 is 6.04 Å². The molecule has 0 aromatic heterocycles. The molecule has 0 fully saturated rings. The van der Waals surface area contributed by atoms with E-state index in [2.05, 4.69) is 11.1 Å². The molecule has 2 aliphatic heterocycles. The van der Waals surface area contributed by atoms with Crippen molar-refractivity contribution in [1.29, 1.82) is 5.26 Å². The van der Waals surface area contributed by atoms with E-state index in [4.69, 9.17) is 15.2 Å². The zero-order chi connectivity index (χ0) is 22.0. The van der Waals surface area contributed by atoms with Gasteiger partial charge in [-0.2, -0.15) is 5.26 Å². The number of fused-ring (bicyclic) bond motifs is 1. The number of rotatable bonds is 6. The second kappa shape index (κ2) is 8.71. The third kappa shape index (κ3) is 3.37. The van der Waals surface area contributed by atoms with Gasteiger partial charge in [0.25, 0.3) is 5.91 Å². The summed E-state index contributed by atoms with van der Waals surface area (Å²) in [6.07, 6.45) is 0. The maximum Gasteiger partial charge on any atom is 0.254 e. The molecule has 2 N–H and O–H groups in total. The van der Waals surface area contributed by atoms with Gasteiger partial charge in [0.1, 0.15) is 16.8 Å². The van der Waals surface area contributed by atoms with Crippen LogP contribution in [0.15, 0.2) is 45.2 Å². The summed E-state index contributed by atoms with van der Waals surface area (Å²) < 4.78 is 11.1. The van der Waals surface area contributed by atoms with Gasteiger partial charge in [-0.3, -0.25) is 9.69 Å². The molecule has 1 atom stereocenters. The highest BCUT2D eigenvalue weighted by atomic mass is 32.2. The standard InChI is InChI=1S/C21H25N5O3S/c1-6-25(7-2)20(27)16-12(3)24-21-26(19(23)15(11-22)30-21)17(16)13-9-8-10-14(28-4)18(13)29-5/h8-10,17H,6-7,23H2,1-5H3/t17-/m1/s1.